The van der Waals surface area contributed by atoms with Crippen molar-refractivity contribution in [2.24, 2.45) is 17.9 Å². The van der Waals surface area contributed by atoms with E-state index in [-0.39, 0.29) is 5.84 Å². The second kappa shape index (κ2) is 4.01. The summed E-state index contributed by atoms with van der Waals surface area (Å²) < 4.78 is 1.77. The van der Waals surface area contributed by atoms with Crippen LogP contribution in [0.3, 0.4) is 0 Å². The Balaban J connectivity index is 2.25. The Morgan fingerprint density at radius 1 is 1.62 bits per heavy atom. The molecule has 0 aromatic carbocycles. The fraction of sp³-hybridized carbons (Fsp3) is 0.250. The molecule has 0 bridgehead atoms. The minimum atomic E-state index is 0.0499. The third-order valence-electron chi connectivity index (χ3n) is 2.06. The molecule has 0 aliphatic heterocycles. The Hall–Kier alpha value is -2.38. The van der Waals surface area contributed by atoms with Crippen LogP contribution in [0.4, 0.5) is 0 Å². The predicted octanol–water partition coefficient (Wildman–Crippen LogP) is -0.846. The first-order chi connectivity index (χ1) is 7.70. The monoisotopic (exact) mass is 221 g/mol. The first-order valence-corrected chi connectivity index (χ1v) is 4.56. The molecule has 8 nitrogen and oxygen atoms in total. The summed E-state index contributed by atoms with van der Waals surface area (Å²) >= 11 is 0. The van der Waals surface area contributed by atoms with Gasteiger partial charge in [0.2, 0.25) is 0 Å². The van der Waals surface area contributed by atoms with Gasteiger partial charge in [-0.15, -0.1) is 10.2 Å². The molecular formula is C8H11N7O. The van der Waals surface area contributed by atoms with E-state index in [1.165, 1.54) is 4.80 Å². The fourth-order valence-corrected chi connectivity index (χ4v) is 1.37. The van der Waals surface area contributed by atoms with Crippen molar-refractivity contribution >= 4 is 5.84 Å². The van der Waals surface area contributed by atoms with Gasteiger partial charge in [0, 0.05) is 6.20 Å². The van der Waals surface area contributed by atoms with Gasteiger partial charge in [0.1, 0.15) is 0 Å². The van der Waals surface area contributed by atoms with Gasteiger partial charge >= 0.3 is 0 Å². The van der Waals surface area contributed by atoms with Crippen molar-refractivity contribution in [3.05, 3.63) is 29.8 Å². The molecule has 0 spiro atoms. The minimum Gasteiger partial charge on any atom is -0.409 e. The zero-order chi connectivity index (χ0) is 11.5. The highest BCUT2D eigenvalue weighted by atomic mass is 16.4. The number of nitrogens with zero attached hydrogens (tertiary/aromatic N) is 6. The van der Waals surface area contributed by atoms with Crippen LogP contribution in [0.1, 0.15) is 11.5 Å². The second-order valence-corrected chi connectivity index (χ2v) is 3.20. The van der Waals surface area contributed by atoms with Crippen LogP contribution in [-0.2, 0) is 13.6 Å². The summed E-state index contributed by atoms with van der Waals surface area (Å²) in [5.74, 6) is 0.611. The Morgan fingerprint density at radius 3 is 3.06 bits per heavy atom. The highest BCUT2D eigenvalue weighted by molar-refractivity contribution is 5.95. The topological polar surface area (TPSA) is 107 Å². The van der Waals surface area contributed by atoms with E-state index in [4.69, 9.17) is 10.9 Å². The van der Waals surface area contributed by atoms with Gasteiger partial charge in [-0.2, -0.15) is 4.80 Å². The van der Waals surface area contributed by atoms with E-state index < -0.39 is 0 Å². The molecule has 0 radical (unpaired) electrons. The fourth-order valence-electron chi connectivity index (χ4n) is 1.37. The molecule has 84 valence electrons. The van der Waals surface area contributed by atoms with E-state index in [0.717, 1.165) is 0 Å². The zero-order valence-electron chi connectivity index (χ0n) is 8.65. The van der Waals surface area contributed by atoms with Crippen molar-refractivity contribution in [3.8, 4) is 0 Å². The lowest BCUT2D eigenvalue weighted by atomic mass is 10.4. The average Bonchev–Trinajstić information content (AvgIpc) is 2.87. The molecule has 0 saturated heterocycles. The number of hydrogen-bond acceptors (Lipinski definition) is 5. The van der Waals surface area contributed by atoms with E-state index in [2.05, 4.69) is 20.6 Å². The summed E-state index contributed by atoms with van der Waals surface area (Å²) in [6, 6.07) is 3.54. The average molecular weight is 221 g/mol. The second-order valence-electron chi connectivity index (χ2n) is 3.20. The molecule has 2 rings (SSSR count). The van der Waals surface area contributed by atoms with Crippen molar-refractivity contribution in [1.29, 1.82) is 0 Å². The summed E-state index contributed by atoms with van der Waals surface area (Å²) in [7, 11) is 1.69. The number of nitrogens with two attached hydrogens (primary N) is 1. The Bertz CT molecular complexity index is 512. The number of aromatic nitrogens is 5. The Labute approximate surface area is 91.0 Å². The summed E-state index contributed by atoms with van der Waals surface area (Å²) in [4.78, 5) is 1.38. The molecule has 8 heteroatoms. The quantitative estimate of drug-likeness (QED) is 0.304. The minimum absolute atomic E-state index is 0.0499. The molecule has 2 aromatic rings. The molecule has 0 aliphatic carbocycles. The zero-order valence-corrected chi connectivity index (χ0v) is 8.65. The van der Waals surface area contributed by atoms with Gasteiger partial charge in [-0.3, -0.25) is 0 Å². The van der Waals surface area contributed by atoms with Gasteiger partial charge in [-0.1, -0.05) is 5.16 Å². The number of aryl methyl sites for hydroxylation is 1. The van der Waals surface area contributed by atoms with Crippen LogP contribution in [0.2, 0.25) is 0 Å². The Kier molecular flexibility index (Phi) is 2.54. The van der Waals surface area contributed by atoms with Crippen molar-refractivity contribution in [1.82, 2.24) is 24.8 Å². The molecule has 2 aromatic heterocycles. The summed E-state index contributed by atoms with van der Waals surface area (Å²) in [6.07, 6.45) is 1.80. The molecule has 0 unspecified atom stereocenters. The van der Waals surface area contributed by atoms with Gasteiger partial charge in [0.15, 0.2) is 11.7 Å². The predicted molar refractivity (Wildman–Crippen MR) is 54.8 cm³/mol. The standard InChI is InChI=1S/C8H11N7O/c1-14-11-7(10-13-14)5-15-4-2-3-6(15)8(9)12-16/h2-4,16H,5H2,1H3,(H2,9,12). The highest BCUT2D eigenvalue weighted by Crippen LogP contribution is 2.04. The normalized spacial score (nSPS) is 11.9. The van der Waals surface area contributed by atoms with Crippen LogP contribution in [0.25, 0.3) is 0 Å². The molecule has 16 heavy (non-hydrogen) atoms. The number of tetrazole rings is 1. The number of amidine groups is 1. The summed E-state index contributed by atoms with van der Waals surface area (Å²) in [5, 5.41) is 23.2. The lowest BCUT2D eigenvalue weighted by Crippen LogP contribution is -2.18. The van der Waals surface area contributed by atoms with Gasteiger partial charge in [0.25, 0.3) is 0 Å². The molecule has 0 saturated carbocycles. The van der Waals surface area contributed by atoms with Gasteiger partial charge < -0.3 is 15.5 Å². The Morgan fingerprint density at radius 2 is 2.44 bits per heavy atom. The number of rotatable bonds is 3. The molecule has 2 heterocycles. The van der Waals surface area contributed by atoms with Gasteiger partial charge in [0.05, 0.1) is 19.3 Å². The molecule has 0 fully saturated rings. The van der Waals surface area contributed by atoms with Crippen LogP contribution < -0.4 is 5.73 Å². The molecule has 3 N–H and O–H groups in total. The third kappa shape index (κ3) is 1.85. The van der Waals surface area contributed by atoms with E-state index in [0.29, 0.717) is 18.1 Å². The van der Waals surface area contributed by atoms with E-state index in [1.807, 2.05) is 0 Å². The molecular weight excluding hydrogens is 210 g/mol. The van der Waals surface area contributed by atoms with Gasteiger partial charge in [-0.25, -0.2) is 0 Å². The maximum Gasteiger partial charge on any atom is 0.194 e. The molecule has 0 amide bonds. The number of hydrogen-bond donors (Lipinski definition) is 2. The van der Waals surface area contributed by atoms with Crippen molar-refractivity contribution in [3.63, 3.8) is 0 Å². The third-order valence-corrected chi connectivity index (χ3v) is 2.06. The molecule has 0 aliphatic rings. The summed E-state index contributed by atoms with van der Waals surface area (Å²) in [5.41, 5.74) is 6.12. The molecule has 0 atom stereocenters. The largest absolute Gasteiger partial charge is 0.409 e. The SMILES string of the molecule is Cn1nnc(Cn2cccc2/C(N)=N/O)n1. The van der Waals surface area contributed by atoms with Crippen LogP contribution in [0, 0.1) is 0 Å². The number of oxime groups is 1. The van der Waals surface area contributed by atoms with Crippen LogP contribution in [-0.4, -0.2) is 35.8 Å². The lowest BCUT2D eigenvalue weighted by molar-refractivity contribution is 0.318. The maximum absolute atomic E-state index is 8.60. The van der Waals surface area contributed by atoms with Crippen molar-refractivity contribution in [2.45, 2.75) is 6.54 Å². The van der Waals surface area contributed by atoms with Crippen LogP contribution in [0.15, 0.2) is 23.5 Å². The van der Waals surface area contributed by atoms with Gasteiger partial charge in [-0.05, 0) is 17.3 Å². The maximum atomic E-state index is 8.60. The van der Waals surface area contributed by atoms with E-state index in [1.54, 1.807) is 29.9 Å². The first kappa shape index (κ1) is 10.1. The summed E-state index contributed by atoms with van der Waals surface area (Å²) in [6.45, 7) is 0.423. The van der Waals surface area contributed by atoms with Crippen molar-refractivity contribution in [2.75, 3.05) is 0 Å². The van der Waals surface area contributed by atoms with E-state index >= 15 is 0 Å². The van der Waals surface area contributed by atoms with Crippen LogP contribution in [0.5, 0.6) is 0 Å². The highest BCUT2D eigenvalue weighted by Gasteiger charge is 2.08. The van der Waals surface area contributed by atoms with Crippen LogP contribution >= 0.6 is 0 Å². The van der Waals surface area contributed by atoms with E-state index in [9.17, 15) is 0 Å². The smallest absolute Gasteiger partial charge is 0.194 e. The van der Waals surface area contributed by atoms with Crippen molar-refractivity contribution < 1.29 is 5.21 Å². The lowest BCUT2D eigenvalue weighted by Gasteiger charge is -2.04. The first-order valence-electron chi connectivity index (χ1n) is 4.56.